The third kappa shape index (κ3) is 5.31. The molecule has 4 rings (SSSR count). The summed E-state index contributed by atoms with van der Waals surface area (Å²) in [5, 5.41) is 2.10. The summed E-state index contributed by atoms with van der Waals surface area (Å²) in [7, 11) is 0. The number of ketones is 2. The quantitative estimate of drug-likeness (QED) is 0.267. The number of piperidine rings is 1. The lowest BCUT2D eigenvalue weighted by atomic mass is 9.69. The molecule has 0 N–H and O–H groups in total. The summed E-state index contributed by atoms with van der Waals surface area (Å²) in [5.74, 6) is -0.00519. The zero-order valence-corrected chi connectivity index (χ0v) is 19.9. The zero-order chi connectivity index (χ0) is 23.3. The van der Waals surface area contributed by atoms with Crippen LogP contribution in [0.15, 0.2) is 66.0 Å². The molecule has 0 aliphatic carbocycles. The summed E-state index contributed by atoms with van der Waals surface area (Å²) < 4.78 is 13.0. The number of halogens is 1. The van der Waals surface area contributed by atoms with E-state index in [1.165, 1.54) is 28.1 Å². The van der Waals surface area contributed by atoms with Gasteiger partial charge in [0.2, 0.25) is 0 Å². The van der Waals surface area contributed by atoms with Crippen LogP contribution in [-0.4, -0.2) is 36.1 Å². The maximum absolute atomic E-state index is 13.0. The van der Waals surface area contributed by atoms with Crippen LogP contribution in [-0.2, 0) is 10.2 Å². The van der Waals surface area contributed by atoms with Crippen molar-refractivity contribution in [1.29, 1.82) is 0 Å². The Morgan fingerprint density at radius 1 is 0.970 bits per heavy atom. The lowest BCUT2D eigenvalue weighted by Crippen LogP contribution is -2.46. The van der Waals surface area contributed by atoms with Crippen molar-refractivity contribution < 1.29 is 14.0 Å². The molecule has 1 saturated heterocycles. The van der Waals surface area contributed by atoms with Crippen molar-refractivity contribution in [2.45, 2.75) is 44.4 Å². The fourth-order valence-corrected chi connectivity index (χ4v) is 5.87. The first-order valence-electron chi connectivity index (χ1n) is 11.7. The minimum absolute atomic E-state index is 0.0649. The fraction of sp³-hybridized carbons (Fsp3) is 0.357. The minimum Gasteiger partial charge on any atom is -0.303 e. The molecule has 5 heteroatoms. The smallest absolute Gasteiger partial charge is 0.162 e. The minimum atomic E-state index is -0.416. The van der Waals surface area contributed by atoms with Gasteiger partial charge in [-0.15, -0.1) is 11.3 Å². The summed E-state index contributed by atoms with van der Waals surface area (Å²) in [6.07, 6.45) is 3.88. The monoisotopic (exact) mass is 463 g/mol. The number of carbonyl (C=O) groups excluding carboxylic acids is 2. The van der Waals surface area contributed by atoms with Crippen LogP contribution in [0.3, 0.4) is 0 Å². The van der Waals surface area contributed by atoms with Crippen molar-refractivity contribution in [1.82, 2.24) is 4.90 Å². The predicted octanol–water partition coefficient (Wildman–Crippen LogP) is 6.53. The molecule has 1 fully saturated rings. The van der Waals surface area contributed by atoms with Gasteiger partial charge in [0.15, 0.2) is 5.78 Å². The highest BCUT2D eigenvalue weighted by molar-refractivity contribution is 7.13. The van der Waals surface area contributed by atoms with Crippen LogP contribution in [0.4, 0.5) is 4.39 Å². The first-order chi connectivity index (χ1) is 16.0. The molecule has 0 unspecified atom stereocenters. The molecule has 1 aromatic heterocycles. The molecule has 2 aromatic carbocycles. The third-order valence-corrected chi connectivity index (χ3v) is 7.86. The van der Waals surface area contributed by atoms with Crippen molar-refractivity contribution in [3.8, 4) is 10.4 Å². The van der Waals surface area contributed by atoms with Crippen LogP contribution in [0.25, 0.3) is 10.4 Å². The second-order valence-corrected chi connectivity index (χ2v) is 9.81. The van der Waals surface area contributed by atoms with E-state index < -0.39 is 5.41 Å². The van der Waals surface area contributed by atoms with Crippen LogP contribution < -0.4 is 0 Å². The summed E-state index contributed by atoms with van der Waals surface area (Å²) >= 11 is 1.71. The van der Waals surface area contributed by atoms with Crippen LogP contribution in [0.2, 0.25) is 0 Å². The number of likely N-dealkylation sites (tertiary alicyclic amines) is 1. The molecule has 0 radical (unpaired) electrons. The van der Waals surface area contributed by atoms with E-state index in [-0.39, 0.29) is 17.4 Å². The Labute approximate surface area is 199 Å². The van der Waals surface area contributed by atoms with E-state index in [4.69, 9.17) is 0 Å². The van der Waals surface area contributed by atoms with Gasteiger partial charge in [0.05, 0.1) is 5.41 Å². The van der Waals surface area contributed by atoms with Crippen molar-refractivity contribution in [2.75, 3.05) is 19.6 Å². The van der Waals surface area contributed by atoms with E-state index in [0.29, 0.717) is 12.0 Å². The van der Waals surface area contributed by atoms with E-state index in [2.05, 4.69) is 28.5 Å². The van der Waals surface area contributed by atoms with Gasteiger partial charge < -0.3 is 4.90 Å². The molecule has 2 heterocycles. The first-order valence-corrected chi connectivity index (χ1v) is 12.5. The molecule has 1 aliphatic heterocycles. The number of benzene rings is 2. The Balaban J connectivity index is 1.32. The maximum atomic E-state index is 13.0. The van der Waals surface area contributed by atoms with Crippen LogP contribution in [0.5, 0.6) is 0 Å². The number of unbranched alkanes of at least 4 members (excludes halogenated alkanes) is 1. The number of rotatable bonds is 9. The highest BCUT2D eigenvalue weighted by Gasteiger charge is 2.42. The van der Waals surface area contributed by atoms with E-state index in [1.54, 1.807) is 30.4 Å². The van der Waals surface area contributed by atoms with Gasteiger partial charge in [0.1, 0.15) is 11.6 Å². The second kappa shape index (κ2) is 10.5. The fourth-order valence-electron chi connectivity index (χ4n) is 4.87. The Hall–Kier alpha value is -2.63. The van der Waals surface area contributed by atoms with Crippen LogP contribution in [0.1, 0.15) is 54.9 Å². The Kier molecular flexibility index (Phi) is 7.51. The van der Waals surface area contributed by atoms with Crippen molar-refractivity contribution in [2.24, 2.45) is 0 Å². The summed E-state index contributed by atoms with van der Waals surface area (Å²) in [6.45, 7) is 4.44. The van der Waals surface area contributed by atoms with Gasteiger partial charge >= 0.3 is 0 Å². The second-order valence-electron chi connectivity index (χ2n) is 8.90. The predicted molar refractivity (Wildman–Crippen MR) is 132 cm³/mol. The first kappa shape index (κ1) is 23.5. The molecular weight excluding hydrogens is 433 g/mol. The van der Waals surface area contributed by atoms with E-state index in [9.17, 15) is 14.0 Å². The molecular formula is C28H30FNO2S. The number of carbonyl (C=O) groups is 2. The SMILES string of the molecule is CC(=O)C1(c2ccsc2-c2ccccc2)CCN(CCCCC(=O)c2ccc(F)cc2)CC1. The Morgan fingerprint density at radius 3 is 2.33 bits per heavy atom. The zero-order valence-electron chi connectivity index (χ0n) is 19.1. The lowest BCUT2D eigenvalue weighted by Gasteiger charge is -2.40. The van der Waals surface area contributed by atoms with Crippen molar-refractivity contribution in [3.05, 3.63) is 83.0 Å². The largest absolute Gasteiger partial charge is 0.303 e. The van der Waals surface area contributed by atoms with Crippen LogP contribution >= 0.6 is 11.3 Å². The number of nitrogens with zero attached hydrogens (tertiary/aromatic N) is 1. The molecule has 0 saturated carbocycles. The standard InChI is InChI=1S/C28H30FNO2S/c1-21(31)28(25-14-20-33-27(25)23-7-3-2-4-8-23)15-18-30(19-16-28)17-6-5-9-26(32)22-10-12-24(29)13-11-22/h2-4,7-8,10-14,20H,5-6,9,15-19H2,1H3. The molecule has 0 spiro atoms. The average Bonchev–Trinajstić information content (AvgIpc) is 3.33. The third-order valence-electron chi connectivity index (χ3n) is 6.89. The maximum Gasteiger partial charge on any atom is 0.162 e. The normalized spacial score (nSPS) is 15.9. The molecule has 0 amide bonds. The molecule has 172 valence electrons. The van der Waals surface area contributed by atoms with E-state index in [0.717, 1.165) is 45.3 Å². The van der Waals surface area contributed by atoms with Gasteiger partial charge in [-0.2, -0.15) is 0 Å². The molecule has 1 aliphatic rings. The van der Waals surface area contributed by atoms with Gasteiger partial charge in [-0.05, 0) is 99.1 Å². The van der Waals surface area contributed by atoms with Gasteiger partial charge in [-0.1, -0.05) is 30.3 Å². The molecule has 0 bridgehead atoms. The topological polar surface area (TPSA) is 37.4 Å². The number of thiophene rings is 1. The number of hydrogen-bond acceptors (Lipinski definition) is 4. The number of hydrogen-bond donors (Lipinski definition) is 0. The highest BCUT2D eigenvalue weighted by atomic mass is 32.1. The lowest BCUT2D eigenvalue weighted by molar-refractivity contribution is -0.124. The van der Waals surface area contributed by atoms with Crippen molar-refractivity contribution in [3.63, 3.8) is 0 Å². The molecule has 3 aromatic rings. The summed E-state index contributed by atoms with van der Waals surface area (Å²) in [6, 6.07) is 18.3. The summed E-state index contributed by atoms with van der Waals surface area (Å²) in [5.41, 5.74) is 2.51. The van der Waals surface area contributed by atoms with Crippen LogP contribution in [0, 0.1) is 5.82 Å². The molecule has 3 nitrogen and oxygen atoms in total. The van der Waals surface area contributed by atoms with Gasteiger partial charge in [-0.3, -0.25) is 9.59 Å². The Bertz CT molecular complexity index is 1080. The van der Waals surface area contributed by atoms with Gasteiger partial charge in [0, 0.05) is 16.9 Å². The van der Waals surface area contributed by atoms with Gasteiger partial charge in [0.25, 0.3) is 0 Å². The Morgan fingerprint density at radius 2 is 1.67 bits per heavy atom. The molecule has 33 heavy (non-hydrogen) atoms. The summed E-state index contributed by atoms with van der Waals surface area (Å²) in [4.78, 5) is 28.8. The average molecular weight is 464 g/mol. The van der Waals surface area contributed by atoms with E-state index >= 15 is 0 Å². The van der Waals surface area contributed by atoms with Crippen molar-refractivity contribution >= 4 is 22.9 Å². The molecule has 0 atom stereocenters. The highest BCUT2D eigenvalue weighted by Crippen LogP contribution is 2.44. The van der Waals surface area contributed by atoms with E-state index in [1.807, 2.05) is 18.2 Å². The van der Waals surface area contributed by atoms with Gasteiger partial charge in [-0.25, -0.2) is 4.39 Å². The number of Topliss-reactive ketones (excluding diaryl/α,β-unsaturated/α-hetero) is 2.